The van der Waals surface area contributed by atoms with Gasteiger partial charge in [-0.15, -0.1) is 0 Å². The third-order valence-corrected chi connectivity index (χ3v) is 6.00. The van der Waals surface area contributed by atoms with Crippen molar-refractivity contribution >= 4 is 22.6 Å². The molecule has 9 heteroatoms. The van der Waals surface area contributed by atoms with Gasteiger partial charge in [-0.3, -0.25) is 4.57 Å². The van der Waals surface area contributed by atoms with Crippen LogP contribution in [0.2, 0.25) is 0 Å². The van der Waals surface area contributed by atoms with Gasteiger partial charge in [-0.2, -0.15) is 9.78 Å². The molecular formula is C20H16F2IN5O. The Morgan fingerprint density at radius 1 is 0.966 bits per heavy atom. The highest BCUT2D eigenvalue weighted by Crippen LogP contribution is 2.15. The number of halogens is 3. The van der Waals surface area contributed by atoms with Crippen molar-refractivity contribution in [3.63, 3.8) is 0 Å². The molecule has 2 heterocycles. The number of nitrogens with zero attached hydrogens (tertiary/aromatic N) is 5. The number of rotatable bonds is 5. The van der Waals surface area contributed by atoms with E-state index in [4.69, 9.17) is 0 Å². The highest BCUT2D eigenvalue weighted by molar-refractivity contribution is 14.1. The summed E-state index contributed by atoms with van der Waals surface area (Å²) in [5.74, 6) is -1.39. The Morgan fingerprint density at radius 2 is 1.66 bits per heavy atom. The van der Waals surface area contributed by atoms with Crippen LogP contribution in [0, 0.1) is 22.3 Å². The molecule has 0 N–H and O–H groups in total. The van der Waals surface area contributed by atoms with E-state index >= 15 is 0 Å². The molecule has 0 aliphatic rings. The number of aryl methyl sites for hydroxylation is 1. The highest BCUT2D eigenvalue weighted by atomic mass is 127. The van der Waals surface area contributed by atoms with Gasteiger partial charge in [0.25, 0.3) is 0 Å². The van der Waals surface area contributed by atoms with Crippen LogP contribution in [0.3, 0.4) is 0 Å². The first-order valence-corrected chi connectivity index (χ1v) is 9.86. The molecule has 0 radical (unpaired) electrons. The molecule has 0 aliphatic carbocycles. The maximum Gasteiger partial charge on any atom is 0.350 e. The number of hydrogen-bond acceptors (Lipinski definition) is 3. The molecule has 0 spiro atoms. The topological polar surface area (TPSA) is 57.6 Å². The number of imidazole rings is 1. The van der Waals surface area contributed by atoms with Gasteiger partial charge in [-0.25, -0.2) is 18.6 Å². The highest BCUT2D eigenvalue weighted by Gasteiger charge is 2.13. The van der Waals surface area contributed by atoms with Gasteiger partial charge in [-0.05, 0) is 59.3 Å². The van der Waals surface area contributed by atoms with Crippen molar-refractivity contribution in [3.8, 4) is 5.69 Å². The minimum Gasteiger partial charge on any atom is -0.321 e. The second kappa shape index (κ2) is 7.90. The summed E-state index contributed by atoms with van der Waals surface area (Å²) in [4.78, 5) is 16.9. The third kappa shape index (κ3) is 3.86. The number of hydrogen-bond donors (Lipinski definition) is 0. The van der Waals surface area contributed by atoms with Gasteiger partial charge in [0.15, 0.2) is 0 Å². The fourth-order valence-corrected chi connectivity index (χ4v) is 3.43. The van der Waals surface area contributed by atoms with Gasteiger partial charge >= 0.3 is 5.69 Å². The molecule has 0 atom stereocenters. The zero-order valence-electron chi connectivity index (χ0n) is 15.4. The van der Waals surface area contributed by atoms with Crippen molar-refractivity contribution in [1.29, 1.82) is 0 Å². The molecule has 0 bridgehead atoms. The molecular weight excluding hydrogens is 491 g/mol. The van der Waals surface area contributed by atoms with E-state index in [0.29, 0.717) is 12.2 Å². The molecule has 29 heavy (non-hydrogen) atoms. The molecule has 0 saturated heterocycles. The Morgan fingerprint density at radius 3 is 2.28 bits per heavy atom. The van der Waals surface area contributed by atoms with E-state index in [0.717, 1.165) is 27.1 Å². The lowest BCUT2D eigenvalue weighted by Gasteiger charge is -2.06. The second-order valence-electron chi connectivity index (χ2n) is 6.57. The zero-order valence-corrected chi connectivity index (χ0v) is 17.5. The largest absolute Gasteiger partial charge is 0.350 e. The zero-order chi connectivity index (χ0) is 20.5. The normalized spacial score (nSPS) is 11.2. The van der Waals surface area contributed by atoms with Crippen LogP contribution in [0.5, 0.6) is 0 Å². The smallest absolute Gasteiger partial charge is 0.321 e. The van der Waals surface area contributed by atoms with Gasteiger partial charge < -0.3 is 4.57 Å². The number of aromatic nitrogens is 5. The van der Waals surface area contributed by atoms with Crippen LogP contribution in [0.4, 0.5) is 8.78 Å². The lowest BCUT2D eigenvalue weighted by molar-refractivity contribution is 0.541. The molecule has 6 nitrogen and oxygen atoms in total. The lowest BCUT2D eigenvalue weighted by atomic mass is 10.2. The first-order valence-electron chi connectivity index (χ1n) is 8.78. The molecule has 0 aliphatic heterocycles. The molecule has 0 amide bonds. The Bertz CT molecular complexity index is 1210. The van der Waals surface area contributed by atoms with Crippen molar-refractivity contribution < 1.29 is 8.78 Å². The van der Waals surface area contributed by atoms with Crippen LogP contribution in [-0.4, -0.2) is 23.9 Å². The Kier molecular flexibility index (Phi) is 5.31. The van der Waals surface area contributed by atoms with Crippen LogP contribution >= 0.6 is 22.6 Å². The van der Waals surface area contributed by atoms with E-state index in [1.807, 2.05) is 23.6 Å². The average Bonchev–Trinajstić information content (AvgIpc) is 3.22. The van der Waals surface area contributed by atoms with Gasteiger partial charge in [-0.1, -0.05) is 18.2 Å². The quantitative estimate of drug-likeness (QED) is 0.389. The maximum absolute atomic E-state index is 13.9. The summed E-state index contributed by atoms with van der Waals surface area (Å²) in [6.45, 7) is 2.39. The summed E-state index contributed by atoms with van der Waals surface area (Å²) >= 11 is 2.25. The summed E-state index contributed by atoms with van der Waals surface area (Å²) in [5.41, 5.74) is 1.95. The van der Waals surface area contributed by atoms with Crippen molar-refractivity contribution in [2.24, 2.45) is 0 Å². The van der Waals surface area contributed by atoms with E-state index in [1.165, 1.54) is 21.6 Å². The minimum atomic E-state index is -0.696. The molecule has 2 aromatic carbocycles. The maximum atomic E-state index is 13.9. The Balaban J connectivity index is 1.56. The van der Waals surface area contributed by atoms with Crippen molar-refractivity contribution in [2.45, 2.75) is 20.0 Å². The molecule has 4 aromatic rings. The first-order chi connectivity index (χ1) is 13.9. The van der Waals surface area contributed by atoms with Gasteiger partial charge in [0.05, 0.1) is 24.3 Å². The van der Waals surface area contributed by atoms with Gasteiger partial charge in [0.2, 0.25) is 0 Å². The summed E-state index contributed by atoms with van der Waals surface area (Å²) in [6, 6.07) is 11.0. The fourth-order valence-electron chi connectivity index (χ4n) is 2.99. The summed E-state index contributed by atoms with van der Waals surface area (Å²) < 4.78 is 33.2. The predicted molar refractivity (Wildman–Crippen MR) is 112 cm³/mol. The van der Waals surface area contributed by atoms with Crippen LogP contribution in [0.25, 0.3) is 5.69 Å². The van der Waals surface area contributed by atoms with Gasteiger partial charge in [0.1, 0.15) is 21.7 Å². The van der Waals surface area contributed by atoms with Crippen molar-refractivity contribution in [2.75, 3.05) is 0 Å². The van der Waals surface area contributed by atoms with Crippen LogP contribution in [-0.2, 0) is 13.1 Å². The van der Waals surface area contributed by atoms with E-state index in [9.17, 15) is 13.6 Å². The fraction of sp³-hybridized carbons (Fsp3) is 0.150. The summed E-state index contributed by atoms with van der Waals surface area (Å²) in [7, 11) is 0. The predicted octanol–water partition coefficient (Wildman–Crippen LogP) is 3.52. The Labute approximate surface area is 178 Å². The monoisotopic (exact) mass is 507 g/mol. The molecule has 0 fully saturated rings. The Hall–Kier alpha value is -2.82. The van der Waals surface area contributed by atoms with E-state index in [2.05, 4.69) is 32.7 Å². The van der Waals surface area contributed by atoms with Crippen LogP contribution in [0.1, 0.15) is 16.8 Å². The summed E-state index contributed by atoms with van der Waals surface area (Å²) in [5, 5.41) is 4.08. The van der Waals surface area contributed by atoms with Crippen molar-refractivity contribution in [1.82, 2.24) is 23.9 Å². The standard InChI is InChI=1S/C20H16F2IN5O/c1-13-19(23)26(11-24-13)9-14-5-7-15(8-6-14)28-20(29)27(12-25-28)10-16-17(21)3-2-4-18(16)22/h2-8,11-12H,9-10H2,1H3. The minimum absolute atomic E-state index is 0.172. The first kappa shape index (κ1) is 19.5. The summed E-state index contributed by atoms with van der Waals surface area (Å²) in [6.07, 6.45) is 3.07. The molecule has 0 unspecified atom stereocenters. The molecule has 2 aromatic heterocycles. The average molecular weight is 507 g/mol. The van der Waals surface area contributed by atoms with Crippen LogP contribution in [0.15, 0.2) is 59.9 Å². The van der Waals surface area contributed by atoms with E-state index in [1.54, 1.807) is 18.5 Å². The lowest BCUT2D eigenvalue weighted by Crippen LogP contribution is -2.24. The van der Waals surface area contributed by atoms with Crippen molar-refractivity contribution in [3.05, 3.63) is 97.8 Å². The van der Waals surface area contributed by atoms with Crippen LogP contribution < -0.4 is 5.69 Å². The number of benzene rings is 2. The molecule has 148 valence electrons. The molecule has 4 rings (SSSR count). The molecule has 0 saturated carbocycles. The second-order valence-corrected chi connectivity index (χ2v) is 7.59. The van der Waals surface area contributed by atoms with E-state index in [-0.39, 0.29) is 12.1 Å². The van der Waals surface area contributed by atoms with Gasteiger partial charge in [0, 0.05) is 12.1 Å². The third-order valence-electron chi connectivity index (χ3n) is 4.60. The van der Waals surface area contributed by atoms with E-state index < -0.39 is 17.3 Å². The SMILES string of the molecule is Cc1ncn(Cc2ccc(-n3ncn(Cc4c(F)cccc4F)c3=O)cc2)c1I.